The topological polar surface area (TPSA) is 80.8 Å². The molecule has 7 nitrogen and oxygen atoms in total. The van der Waals surface area contributed by atoms with Crippen LogP contribution in [0.3, 0.4) is 0 Å². The average molecular weight is 448 g/mol. The Balaban J connectivity index is 1.23. The van der Waals surface area contributed by atoms with Gasteiger partial charge in [-0.2, -0.15) is 0 Å². The number of ether oxygens (including phenoxy) is 2. The van der Waals surface area contributed by atoms with Gasteiger partial charge in [-0.3, -0.25) is 14.9 Å². The van der Waals surface area contributed by atoms with Gasteiger partial charge in [0.2, 0.25) is 12.7 Å². The quantitative estimate of drug-likeness (QED) is 0.653. The van der Waals surface area contributed by atoms with Crippen LogP contribution in [-0.2, 0) is 17.6 Å². The zero-order valence-corrected chi connectivity index (χ0v) is 18.1. The second-order valence-corrected chi connectivity index (χ2v) is 9.25. The van der Waals surface area contributed by atoms with E-state index in [1.807, 2.05) is 23.1 Å². The molecule has 0 bridgehead atoms. The van der Waals surface area contributed by atoms with Gasteiger partial charge in [0.1, 0.15) is 0 Å². The predicted molar refractivity (Wildman–Crippen MR) is 121 cm³/mol. The van der Waals surface area contributed by atoms with E-state index in [4.69, 9.17) is 14.5 Å². The molecule has 0 saturated heterocycles. The Bertz CT molecular complexity index is 1240. The van der Waals surface area contributed by atoms with E-state index in [1.54, 1.807) is 18.2 Å². The van der Waals surface area contributed by atoms with E-state index in [-0.39, 0.29) is 24.5 Å². The lowest BCUT2D eigenvalue weighted by atomic mass is 9.90. The molecule has 1 atom stereocenters. The van der Waals surface area contributed by atoms with Gasteiger partial charge in [-0.25, -0.2) is 4.98 Å². The highest BCUT2D eigenvalue weighted by Gasteiger charge is 2.36. The van der Waals surface area contributed by atoms with Crippen molar-refractivity contribution in [3.05, 3.63) is 64.2 Å². The highest BCUT2D eigenvalue weighted by Crippen LogP contribution is 2.40. The number of anilines is 2. The summed E-state index contributed by atoms with van der Waals surface area (Å²) in [6.45, 7) is 0.873. The molecule has 1 aliphatic carbocycles. The smallest absolute Gasteiger partial charge is 0.257 e. The number of carbonyl (C=O) groups is 2. The highest BCUT2D eigenvalue weighted by molar-refractivity contribution is 7.16. The number of para-hydroxylation sites is 1. The minimum atomic E-state index is -0.266. The number of aryl methyl sites for hydroxylation is 1. The Labute approximate surface area is 189 Å². The molecule has 2 amide bonds. The summed E-state index contributed by atoms with van der Waals surface area (Å²) in [6.07, 6.45) is 3.49. The van der Waals surface area contributed by atoms with Crippen molar-refractivity contribution in [1.29, 1.82) is 0 Å². The lowest BCUT2D eigenvalue weighted by Crippen LogP contribution is -2.35. The molecule has 1 aromatic heterocycles. The molecule has 0 spiro atoms. The van der Waals surface area contributed by atoms with Gasteiger partial charge in [0.05, 0.1) is 11.6 Å². The van der Waals surface area contributed by atoms with Crippen molar-refractivity contribution in [2.75, 3.05) is 23.6 Å². The molecule has 3 heterocycles. The van der Waals surface area contributed by atoms with Crippen LogP contribution in [0.1, 0.15) is 45.3 Å². The van der Waals surface area contributed by atoms with Gasteiger partial charge in [-0.05, 0) is 55.5 Å². The van der Waals surface area contributed by atoms with Crippen LogP contribution in [0.4, 0.5) is 10.8 Å². The van der Waals surface area contributed by atoms with Crippen LogP contribution >= 0.6 is 11.3 Å². The van der Waals surface area contributed by atoms with Crippen molar-refractivity contribution in [3.8, 4) is 11.5 Å². The van der Waals surface area contributed by atoms with Crippen LogP contribution in [0.2, 0.25) is 0 Å². The van der Waals surface area contributed by atoms with Gasteiger partial charge in [0.25, 0.3) is 5.91 Å². The Kier molecular flexibility index (Phi) is 4.61. The average Bonchev–Trinajstić information content (AvgIpc) is 3.54. The molecule has 162 valence electrons. The SMILES string of the molecule is O=C(Nc1nc2c(s1)CCCC2C(=O)N1CCc2ccccc21)c1ccc2c(c1)OCO2. The van der Waals surface area contributed by atoms with Crippen molar-refractivity contribution in [2.45, 2.75) is 31.6 Å². The van der Waals surface area contributed by atoms with Crippen molar-refractivity contribution in [3.63, 3.8) is 0 Å². The number of fused-ring (bicyclic) bond motifs is 3. The molecule has 6 rings (SSSR count). The summed E-state index contributed by atoms with van der Waals surface area (Å²) >= 11 is 1.46. The minimum absolute atomic E-state index is 0.106. The number of hydrogen-bond donors (Lipinski definition) is 1. The van der Waals surface area contributed by atoms with Crippen LogP contribution in [0, 0.1) is 0 Å². The number of benzene rings is 2. The molecule has 32 heavy (non-hydrogen) atoms. The largest absolute Gasteiger partial charge is 0.454 e. The predicted octanol–water partition coefficient (Wildman–Crippen LogP) is 4.13. The summed E-state index contributed by atoms with van der Waals surface area (Å²) in [5, 5.41) is 3.43. The summed E-state index contributed by atoms with van der Waals surface area (Å²) in [4.78, 5) is 33.9. The van der Waals surface area contributed by atoms with Gasteiger partial charge in [0, 0.05) is 22.7 Å². The maximum Gasteiger partial charge on any atom is 0.257 e. The standard InChI is InChI=1S/C24H21N3O4S/c28-22(15-8-9-18-19(12-15)31-13-30-18)26-24-25-21-16(5-3-7-20(21)32-24)23(29)27-11-10-14-4-1-2-6-17(14)27/h1-2,4,6,8-9,12,16H,3,5,7,10-11,13H2,(H,25,26,28). The lowest BCUT2D eigenvalue weighted by molar-refractivity contribution is -0.120. The second-order valence-electron chi connectivity index (χ2n) is 8.16. The first-order chi connectivity index (χ1) is 15.7. The molecule has 8 heteroatoms. The maximum atomic E-state index is 13.5. The lowest BCUT2D eigenvalue weighted by Gasteiger charge is -2.26. The van der Waals surface area contributed by atoms with Gasteiger partial charge < -0.3 is 14.4 Å². The molecular formula is C24H21N3O4S. The molecule has 2 aromatic carbocycles. The van der Waals surface area contributed by atoms with E-state index >= 15 is 0 Å². The summed E-state index contributed by atoms with van der Waals surface area (Å²) < 4.78 is 10.7. The number of rotatable bonds is 3. The van der Waals surface area contributed by atoms with E-state index in [0.29, 0.717) is 28.7 Å². The van der Waals surface area contributed by atoms with Crippen molar-refractivity contribution in [1.82, 2.24) is 4.98 Å². The zero-order chi connectivity index (χ0) is 21.7. The van der Waals surface area contributed by atoms with E-state index in [1.165, 1.54) is 16.9 Å². The monoisotopic (exact) mass is 447 g/mol. The summed E-state index contributed by atoms with van der Waals surface area (Å²) in [5.74, 6) is 0.779. The van der Waals surface area contributed by atoms with Gasteiger partial charge in [-0.15, -0.1) is 11.3 Å². The zero-order valence-electron chi connectivity index (χ0n) is 17.3. The summed E-state index contributed by atoms with van der Waals surface area (Å²) in [6, 6.07) is 13.2. The molecule has 3 aromatic rings. The van der Waals surface area contributed by atoms with Crippen molar-refractivity contribution in [2.24, 2.45) is 0 Å². The Morgan fingerprint density at radius 3 is 2.91 bits per heavy atom. The van der Waals surface area contributed by atoms with Gasteiger partial charge in [0.15, 0.2) is 16.6 Å². The first kappa shape index (κ1) is 19.3. The van der Waals surface area contributed by atoms with E-state index < -0.39 is 0 Å². The Hall–Kier alpha value is -3.39. The van der Waals surface area contributed by atoms with E-state index in [0.717, 1.165) is 41.9 Å². The fourth-order valence-electron chi connectivity index (χ4n) is 4.67. The molecule has 0 fully saturated rings. The molecule has 1 unspecified atom stereocenters. The van der Waals surface area contributed by atoms with Crippen LogP contribution in [0.5, 0.6) is 11.5 Å². The Morgan fingerprint density at radius 1 is 1.09 bits per heavy atom. The number of nitrogens with zero attached hydrogens (tertiary/aromatic N) is 2. The maximum absolute atomic E-state index is 13.5. The third-order valence-electron chi connectivity index (χ3n) is 6.26. The van der Waals surface area contributed by atoms with Gasteiger partial charge >= 0.3 is 0 Å². The molecular weight excluding hydrogens is 426 g/mol. The van der Waals surface area contributed by atoms with Crippen LogP contribution in [0.15, 0.2) is 42.5 Å². The van der Waals surface area contributed by atoms with Crippen LogP contribution in [-0.4, -0.2) is 30.1 Å². The Morgan fingerprint density at radius 2 is 1.97 bits per heavy atom. The summed E-state index contributed by atoms with van der Waals surface area (Å²) in [5.41, 5.74) is 3.52. The first-order valence-electron chi connectivity index (χ1n) is 10.8. The summed E-state index contributed by atoms with van der Waals surface area (Å²) in [7, 11) is 0. The highest BCUT2D eigenvalue weighted by atomic mass is 32.1. The minimum Gasteiger partial charge on any atom is -0.454 e. The van der Waals surface area contributed by atoms with E-state index in [2.05, 4.69) is 11.4 Å². The normalized spacial score (nSPS) is 18.2. The number of thiazole rings is 1. The molecule has 0 saturated carbocycles. The molecule has 2 aliphatic heterocycles. The third kappa shape index (κ3) is 3.22. The number of hydrogen-bond acceptors (Lipinski definition) is 6. The van der Waals surface area contributed by atoms with Crippen LogP contribution < -0.4 is 19.7 Å². The number of nitrogens with one attached hydrogen (secondary N) is 1. The van der Waals surface area contributed by atoms with Crippen molar-refractivity contribution >= 4 is 34.0 Å². The third-order valence-corrected chi connectivity index (χ3v) is 7.31. The molecule has 1 N–H and O–H groups in total. The first-order valence-corrected chi connectivity index (χ1v) is 11.6. The molecule has 0 radical (unpaired) electrons. The van der Waals surface area contributed by atoms with Crippen LogP contribution in [0.25, 0.3) is 0 Å². The fraction of sp³-hybridized carbons (Fsp3) is 0.292. The second kappa shape index (κ2) is 7.63. The van der Waals surface area contributed by atoms with Gasteiger partial charge in [-0.1, -0.05) is 18.2 Å². The number of aromatic nitrogens is 1. The van der Waals surface area contributed by atoms with Crippen molar-refractivity contribution < 1.29 is 19.1 Å². The molecule has 3 aliphatic rings. The fourth-order valence-corrected chi connectivity index (χ4v) is 5.73. The number of carbonyl (C=O) groups excluding carboxylic acids is 2. The van der Waals surface area contributed by atoms with E-state index in [9.17, 15) is 9.59 Å². The number of amides is 2.